The third-order valence-electron chi connectivity index (χ3n) is 7.18. The zero-order chi connectivity index (χ0) is 25.4. The molecule has 1 aliphatic carbocycles. The van der Waals surface area contributed by atoms with Gasteiger partial charge in [0.2, 0.25) is 0 Å². The fourth-order valence-electron chi connectivity index (χ4n) is 5.12. The first-order valence-electron chi connectivity index (χ1n) is 12.3. The number of carbonyl (C=O) groups excluding carboxylic acids is 1. The van der Waals surface area contributed by atoms with Crippen molar-refractivity contribution in [2.75, 3.05) is 17.2 Å². The molecule has 2 atom stereocenters. The smallest absolute Gasteiger partial charge is 0.250 e. The van der Waals surface area contributed by atoms with Gasteiger partial charge in [-0.2, -0.15) is 4.99 Å². The second kappa shape index (κ2) is 10.1. The van der Waals surface area contributed by atoms with Gasteiger partial charge in [0, 0.05) is 41.5 Å². The van der Waals surface area contributed by atoms with E-state index in [4.69, 9.17) is 34.7 Å². The Morgan fingerprint density at radius 2 is 1.89 bits per heavy atom. The van der Waals surface area contributed by atoms with Gasteiger partial charge in [-0.05, 0) is 61.8 Å². The molecule has 5 rings (SSSR count). The number of halogens is 2. The average Bonchev–Trinajstić information content (AvgIpc) is 3.72. The van der Waals surface area contributed by atoms with Crippen LogP contribution in [-0.4, -0.2) is 29.3 Å². The number of pyridine rings is 1. The molecular formula is C28H29Cl2N5O. The van der Waals surface area contributed by atoms with E-state index in [-0.39, 0.29) is 23.7 Å². The first-order valence-corrected chi connectivity index (χ1v) is 13.0. The van der Waals surface area contributed by atoms with Crippen molar-refractivity contribution in [3.63, 3.8) is 0 Å². The minimum atomic E-state index is -0.157. The summed E-state index contributed by atoms with van der Waals surface area (Å²) in [5.74, 6) is 0.820. The molecular weight excluding hydrogens is 493 g/mol. The predicted octanol–water partition coefficient (Wildman–Crippen LogP) is 6.05. The first-order chi connectivity index (χ1) is 17.3. The monoisotopic (exact) mass is 521 g/mol. The molecule has 2 unspecified atom stereocenters. The zero-order valence-electron chi connectivity index (χ0n) is 20.1. The van der Waals surface area contributed by atoms with Crippen LogP contribution < -0.4 is 16.4 Å². The van der Waals surface area contributed by atoms with Gasteiger partial charge in [-0.1, -0.05) is 59.6 Å². The van der Waals surface area contributed by atoms with Crippen molar-refractivity contribution in [1.82, 2.24) is 4.98 Å². The van der Waals surface area contributed by atoms with Crippen LogP contribution in [0.4, 0.5) is 11.5 Å². The molecule has 4 N–H and O–H groups in total. The Morgan fingerprint density at radius 1 is 1.11 bits per heavy atom. The molecule has 1 saturated carbocycles. The highest BCUT2D eigenvalue weighted by atomic mass is 35.5. The quantitative estimate of drug-likeness (QED) is 0.314. The van der Waals surface area contributed by atoms with Gasteiger partial charge < -0.3 is 16.4 Å². The van der Waals surface area contributed by atoms with E-state index in [1.54, 1.807) is 0 Å². The number of nitrogens with zero attached hydrogens (tertiary/aromatic N) is 3. The number of nitrogen functional groups attached to an aromatic ring is 1. The van der Waals surface area contributed by atoms with Crippen LogP contribution in [0.15, 0.2) is 59.7 Å². The lowest BCUT2D eigenvalue weighted by atomic mass is 9.90. The molecule has 0 spiro atoms. The lowest BCUT2D eigenvalue weighted by Crippen LogP contribution is -2.42. The molecule has 186 valence electrons. The maximum atomic E-state index is 13.1. The van der Waals surface area contributed by atoms with E-state index in [0.29, 0.717) is 40.2 Å². The van der Waals surface area contributed by atoms with Crippen molar-refractivity contribution in [2.24, 2.45) is 16.6 Å². The number of nitrogens with two attached hydrogens (primary N) is 2. The number of carbonyl (C=O) groups is 1. The largest absolute Gasteiger partial charge is 0.383 e. The summed E-state index contributed by atoms with van der Waals surface area (Å²) >= 11 is 12.8. The maximum Gasteiger partial charge on any atom is 0.250 e. The summed E-state index contributed by atoms with van der Waals surface area (Å²) in [5, 5.41) is 0.790. The first kappa shape index (κ1) is 24.6. The zero-order valence-corrected chi connectivity index (χ0v) is 21.6. The molecule has 1 aromatic heterocycles. The van der Waals surface area contributed by atoms with E-state index in [1.807, 2.05) is 30.3 Å². The van der Waals surface area contributed by atoms with Crippen LogP contribution in [0, 0.1) is 5.92 Å². The van der Waals surface area contributed by atoms with Crippen molar-refractivity contribution in [2.45, 2.75) is 44.6 Å². The van der Waals surface area contributed by atoms with E-state index in [0.717, 1.165) is 23.4 Å². The van der Waals surface area contributed by atoms with Crippen molar-refractivity contribution >= 4 is 46.4 Å². The lowest BCUT2D eigenvalue weighted by Gasteiger charge is -2.38. The van der Waals surface area contributed by atoms with Gasteiger partial charge in [-0.3, -0.25) is 4.79 Å². The minimum Gasteiger partial charge on any atom is -0.383 e. The van der Waals surface area contributed by atoms with Gasteiger partial charge in [0.25, 0.3) is 5.91 Å². The summed E-state index contributed by atoms with van der Waals surface area (Å²) in [6, 6.07) is 16.2. The summed E-state index contributed by atoms with van der Waals surface area (Å²) in [7, 11) is 0. The number of amides is 1. The number of amidine groups is 1. The Hall–Kier alpha value is -3.09. The molecule has 1 amide bonds. The van der Waals surface area contributed by atoms with Gasteiger partial charge in [0.05, 0.1) is 10.0 Å². The van der Waals surface area contributed by atoms with E-state index in [2.05, 4.69) is 40.0 Å². The van der Waals surface area contributed by atoms with Gasteiger partial charge in [-0.15, -0.1) is 0 Å². The minimum absolute atomic E-state index is 0.135. The molecule has 36 heavy (non-hydrogen) atoms. The van der Waals surface area contributed by atoms with Gasteiger partial charge in [0.1, 0.15) is 11.7 Å². The highest BCUT2D eigenvalue weighted by Gasteiger charge is 2.31. The van der Waals surface area contributed by atoms with Gasteiger partial charge >= 0.3 is 0 Å². The number of hydrogen-bond donors (Lipinski definition) is 2. The molecule has 2 aliphatic rings. The van der Waals surface area contributed by atoms with Crippen molar-refractivity contribution < 1.29 is 4.79 Å². The number of piperidine rings is 1. The van der Waals surface area contributed by atoms with E-state index in [1.165, 1.54) is 24.6 Å². The van der Waals surface area contributed by atoms with Crippen molar-refractivity contribution in [3.05, 3.63) is 75.9 Å². The number of rotatable bonds is 5. The Labute approximate surface area is 221 Å². The second-order valence-corrected chi connectivity index (χ2v) is 10.5. The fraction of sp³-hybridized carbons (Fsp3) is 0.321. The van der Waals surface area contributed by atoms with Crippen LogP contribution in [0.5, 0.6) is 0 Å². The molecule has 6 nitrogen and oxygen atoms in total. The molecule has 3 aromatic rings. The summed E-state index contributed by atoms with van der Waals surface area (Å²) in [6.45, 7) is 2.86. The maximum absolute atomic E-state index is 13.1. The third kappa shape index (κ3) is 4.93. The Bertz CT molecular complexity index is 1340. The normalized spacial score (nSPS) is 20.4. The van der Waals surface area contributed by atoms with Crippen LogP contribution in [0.1, 0.15) is 49.7 Å². The SMILES string of the molecule is CC1CC(C(=O)N=C(N)c2ccccc2C2CC2)CCN1c1cccc(-c2c(Cl)cnc(N)c2Cl)c1. The third-order valence-corrected chi connectivity index (χ3v) is 7.85. The highest BCUT2D eigenvalue weighted by Crippen LogP contribution is 2.42. The molecule has 8 heteroatoms. The molecule has 0 radical (unpaired) electrons. The van der Waals surface area contributed by atoms with Crippen molar-refractivity contribution in [1.29, 1.82) is 0 Å². The summed E-state index contributed by atoms with van der Waals surface area (Å²) in [4.78, 5) is 23.7. The molecule has 2 fully saturated rings. The van der Waals surface area contributed by atoms with Crippen LogP contribution >= 0.6 is 23.2 Å². The van der Waals surface area contributed by atoms with Gasteiger partial charge in [0.15, 0.2) is 0 Å². The van der Waals surface area contributed by atoms with Crippen LogP contribution in [0.3, 0.4) is 0 Å². The number of aromatic nitrogens is 1. The van der Waals surface area contributed by atoms with Crippen LogP contribution in [0.2, 0.25) is 10.0 Å². The summed E-state index contributed by atoms with van der Waals surface area (Å²) < 4.78 is 0. The standard InChI is InChI=1S/C28H29Cl2N5O/c1-16-13-19(28(36)34-26(31)22-8-3-2-7-21(22)17-9-10-17)11-12-35(16)20-6-4-5-18(14-20)24-23(29)15-33-27(32)25(24)30/h2-8,14-17,19H,9-13H2,1H3,(H2,32,33)(H2,31,34,36). The molecule has 2 aromatic carbocycles. The molecule has 1 aliphatic heterocycles. The molecule has 0 bridgehead atoms. The number of benzene rings is 2. The highest BCUT2D eigenvalue weighted by molar-refractivity contribution is 6.40. The Kier molecular flexibility index (Phi) is 6.91. The summed E-state index contributed by atoms with van der Waals surface area (Å²) in [6.07, 6.45) is 5.26. The Balaban J connectivity index is 1.31. The lowest BCUT2D eigenvalue weighted by molar-refractivity contribution is -0.122. The second-order valence-electron chi connectivity index (χ2n) is 9.69. The number of aliphatic imine (C=N–C) groups is 1. The summed E-state index contributed by atoms with van der Waals surface area (Å²) in [5.41, 5.74) is 16.9. The number of anilines is 2. The van der Waals surface area contributed by atoms with Crippen LogP contribution in [-0.2, 0) is 4.79 Å². The molecule has 1 saturated heterocycles. The topological polar surface area (TPSA) is 97.6 Å². The van der Waals surface area contributed by atoms with Gasteiger partial charge in [-0.25, -0.2) is 4.98 Å². The van der Waals surface area contributed by atoms with Crippen molar-refractivity contribution in [3.8, 4) is 11.1 Å². The van der Waals surface area contributed by atoms with E-state index >= 15 is 0 Å². The van der Waals surface area contributed by atoms with E-state index in [9.17, 15) is 4.79 Å². The van der Waals surface area contributed by atoms with E-state index < -0.39 is 0 Å². The van der Waals surface area contributed by atoms with Crippen LogP contribution in [0.25, 0.3) is 11.1 Å². The Morgan fingerprint density at radius 3 is 2.64 bits per heavy atom. The molecule has 2 heterocycles. The fourth-order valence-corrected chi connectivity index (χ4v) is 5.68. The predicted molar refractivity (Wildman–Crippen MR) is 148 cm³/mol. The average molecular weight is 522 g/mol. The number of hydrogen-bond acceptors (Lipinski definition) is 4.